The summed E-state index contributed by atoms with van der Waals surface area (Å²) < 4.78 is 4.96. The fourth-order valence-corrected chi connectivity index (χ4v) is 10.2. The molecule has 4 heteroatoms. The van der Waals surface area contributed by atoms with Gasteiger partial charge in [0.05, 0.1) is 22.2 Å². The van der Waals surface area contributed by atoms with Crippen LogP contribution in [0.25, 0.3) is 114 Å². The number of benzene rings is 9. The number of thiophene rings is 1. The first-order valence-electron chi connectivity index (χ1n) is 18.7. The molecule has 0 aliphatic carbocycles. The molecule has 3 nitrogen and oxygen atoms in total. The summed E-state index contributed by atoms with van der Waals surface area (Å²) in [6.07, 6.45) is 0. The number of rotatable bonds is 3. The van der Waals surface area contributed by atoms with Crippen molar-refractivity contribution in [2.45, 2.75) is 6.92 Å². The molecule has 0 N–H and O–H groups in total. The Kier molecular flexibility index (Phi) is 6.42. The normalized spacial score (nSPS) is 12.1. The van der Waals surface area contributed by atoms with Crippen LogP contribution in [0.3, 0.4) is 0 Å². The minimum Gasteiger partial charge on any atom is -0.277 e. The molecule has 0 fully saturated rings. The van der Waals surface area contributed by atoms with Crippen molar-refractivity contribution < 1.29 is 0 Å². The Labute approximate surface area is 320 Å². The fourth-order valence-electron chi connectivity index (χ4n) is 8.96. The highest BCUT2D eigenvalue weighted by atomic mass is 32.1. The third kappa shape index (κ3) is 4.43. The van der Waals surface area contributed by atoms with Gasteiger partial charge in [-0.25, -0.2) is 9.97 Å². The van der Waals surface area contributed by atoms with Gasteiger partial charge in [-0.3, -0.25) is 4.57 Å². The number of fused-ring (bicyclic) bond motifs is 13. The molecule has 0 spiro atoms. The van der Waals surface area contributed by atoms with Gasteiger partial charge in [0.2, 0.25) is 5.95 Å². The van der Waals surface area contributed by atoms with Crippen molar-refractivity contribution in [1.29, 1.82) is 0 Å². The number of aryl methyl sites for hydroxylation is 1. The summed E-state index contributed by atoms with van der Waals surface area (Å²) in [5.74, 6) is 0.665. The van der Waals surface area contributed by atoms with Crippen LogP contribution in [-0.4, -0.2) is 14.5 Å². The number of nitrogens with zero attached hydrogens (tertiary/aromatic N) is 3. The molecule has 3 aromatic heterocycles. The van der Waals surface area contributed by atoms with Gasteiger partial charge in [0, 0.05) is 63.8 Å². The molecule has 3 heterocycles. The third-order valence-electron chi connectivity index (χ3n) is 11.4. The maximum Gasteiger partial charge on any atom is 0.235 e. The Balaban J connectivity index is 1.27. The molecule has 256 valence electrons. The Morgan fingerprint density at radius 1 is 0.455 bits per heavy atom. The Bertz CT molecular complexity index is 3560. The smallest absolute Gasteiger partial charge is 0.235 e. The highest BCUT2D eigenvalue weighted by Crippen LogP contribution is 2.47. The van der Waals surface area contributed by atoms with E-state index in [-0.39, 0.29) is 0 Å². The minimum atomic E-state index is 0.665. The molecule has 12 aromatic rings. The van der Waals surface area contributed by atoms with Crippen LogP contribution >= 0.6 is 11.3 Å². The summed E-state index contributed by atoms with van der Waals surface area (Å²) in [6, 6.07) is 61.7. The van der Waals surface area contributed by atoms with Crippen molar-refractivity contribution in [3.63, 3.8) is 0 Å². The summed E-state index contributed by atoms with van der Waals surface area (Å²) in [6.45, 7) is 2.18. The minimum absolute atomic E-state index is 0.665. The van der Waals surface area contributed by atoms with E-state index in [0.29, 0.717) is 5.95 Å². The first-order valence-corrected chi connectivity index (χ1v) is 19.6. The Morgan fingerprint density at radius 3 is 1.95 bits per heavy atom. The van der Waals surface area contributed by atoms with Crippen molar-refractivity contribution in [2.75, 3.05) is 0 Å². The summed E-state index contributed by atoms with van der Waals surface area (Å²) in [5, 5.41) is 13.2. The summed E-state index contributed by atoms with van der Waals surface area (Å²) in [5.41, 5.74) is 8.77. The van der Waals surface area contributed by atoms with Crippen LogP contribution in [0.1, 0.15) is 5.56 Å². The molecule has 0 aliphatic heterocycles. The van der Waals surface area contributed by atoms with E-state index in [1.165, 1.54) is 69.2 Å². The van der Waals surface area contributed by atoms with Gasteiger partial charge in [-0.15, -0.1) is 11.3 Å². The predicted octanol–water partition coefficient (Wildman–Crippen LogP) is 14.2. The van der Waals surface area contributed by atoms with E-state index in [1.54, 1.807) is 0 Å². The van der Waals surface area contributed by atoms with E-state index < -0.39 is 0 Å². The van der Waals surface area contributed by atoms with Crippen LogP contribution in [-0.2, 0) is 0 Å². The molecule has 0 saturated heterocycles. The largest absolute Gasteiger partial charge is 0.277 e. The lowest BCUT2D eigenvalue weighted by Crippen LogP contribution is -2.05. The zero-order chi connectivity index (χ0) is 36.2. The SMILES string of the molecule is Cc1ccc2ccc3c4cccc(-c5cccc6c5sc5ccc7ccccc7c56)c4n(-c4nc(-c5ccccc5)c5ccc6ccccc6c5n4)c3c2c1. The monoisotopic (exact) mass is 717 g/mol. The van der Waals surface area contributed by atoms with Crippen molar-refractivity contribution in [1.82, 2.24) is 14.5 Å². The molecule has 0 bridgehead atoms. The summed E-state index contributed by atoms with van der Waals surface area (Å²) >= 11 is 1.88. The van der Waals surface area contributed by atoms with Crippen molar-refractivity contribution in [3.8, 4) is 28.3 Å². The van der Waals surface area contributed by atoms with Gasteiger partial charge in [0.1, 0.15) is 0 Å². The van der Waals surface area contributed by atoms with Gasteiger partial charge in [0.25, 0.3) is 0 Å². The van der Waals surface area contributed by atoms with Crippen molar-refractivity contribution in [2.24, 2.45) is 0 Å². The van der Waals surface area contributed by atoms with E-state index in [2.05, 4.69) is 181 Å². The second-order valence-electron chi connectivity index (χ2n) is 14.6. The lowest BCUT2D eigenvalue weighted by Gasteiger charge is -2.15. The molecule has 0 atom stereocenters. The highest BCUT2D eigenvalue weighted by molar-refractivity contribution is 7.26. The van der Waals surface area contributed by atoms with Crippen LogP contribution < -0.4 is 0 Å². The van der Waals surface area contributed by atoms with Gasteiger partial charge < -0.3 is 0 Å². The second-order valence-corrected chi connectivity index (χ2v) is 15.6. The van der Waals surface area contributed by atoms with E-state index in [9.17, 15) is 0 Å². The average molecular weight is 718 g/mol. The summed E-state index contributed by atoms with van der Waals surface area (Å²) in [7, 11) is 0. The molecule has 0 saturated carbocycles. The third-order valence-corrected chi connectivity index (χ3v) is 12.6. The first kappa shape index (κ1) is 30.6. The molecular weight excluding hydrogens is 687 g/mol. The Hall–Kier alpha value is -6.88. The number of hydrogen-bond donors (Lipinski definition) is 0. The maximum atomic E-state index is 5.58. The molecular formula is C51H31N3S. The standard InChI is InChI=1S/C51H31N3S/c1-30-21-22-33-23-26-39-37-17-9-18-38(40-19-10-20-41-45-35-15-7-5-11-31(35)25-28-44(45)55-50(40)41)48(37)54(49(39)43(33)29-30)51-52-46(34-13-3-2-4-14-34)42-27-24-32-12-6-8-16-36(32)47(42)53-51/h2-29H,1H3. The first-order chi connectivity index (χ1) is 27.2. The highest BCUT2D eigenvalue weighted by Gasteiger charge is 2.24. The molecule has 55 heavy (non-hydrogen) atoms. The van der Waals surface area contributed by atoms with Crippen LogP contribution in [0, 0.1) is 6.92 Å². The van der Waals surface area contributed by atoms with E-state index in [1.807, 2.05) is 11.3 Å². The zero-order valence-electron chi connectivity index (χ0n) is 29.9. The summed E-state index contributed by atoms with van der Waals surface area (Å²) in [4.78, 5) is 11.2. The molecule has 9 aromatic carbocycles. The predicted molar refractivity (Wildman–Crippen MR) is 235 cm³/mol. The van der Waals surface area contributed by atoms with E-state index in [4.69, 9.17) is 9.97 Å². The molecule has 0 unspecified atom stereocenters. The van der Waals surface area contributed by atoms with Crippen molar-refractivity contribution >= 4 is 96.5 Å². The molecule has 0 radical (unpaired) electrons. The fraction of sp³-hybridized carbons (Fsp3) is 0.0196. The number of aromatic nitrogens is 3. The van der Waals surface area contributed by atoms with Crippen LogP contribution in [0.2, 0.25) is 0 Å². The molecule has 12 rings (SSSR count). The van der Waals surface area contributed by atoms with E-state index in [0.717, 1.165) is 44.0 Å². The maximum absolute atomic E-state index is 5.58. The van der Waals surface area contributed by atoms with Crippen LogP contribution in [0.4, 0.5) is 0 Å². The lowest BCUT2D eigenvalue weighted by atomic mass is 9.98. The lowest BCUT2D eigenvalue weighted by molar-refractivity contribution is 1.02. The van der Waals surface area contributed by atoms with Crippen LogP contribution in [0.15, 0.2) is 170 Å². The van der Waals surface area contributed by atoms with Gasteiger partial charge in [-0.2, -0.15) is 0 Å². The van der Waals surface area contributed by atoms with Gasteiger partial charge in [0.15, 0.2) is 0 Å². The topological polar surface area (TPSA) is 30.7 Å². The average Bonchev–Trinajstić information content (AvgIpc) is 3.80. The van der Waals surface area contributed by atoms with Gasteiger partial charge in [-0.05, 0) is 46.7 Å². The van der Waals surface area contributed by atoms with Crippen molar-refractivity contribution in [3.05, 3.63) is 175 Å². The van der Waals surface area contributed by atoms with Crippen LogP contribution in [0.5, 0.6) is 0 Å². The number of hydrogen-bond acceptors (Lipinski definition) is 3. The number of para-hydroxylation sites is 1. The van der Waals surface area contributed by atoms with E-state index >= 15 is 0 Å². The zero-order valence-corrected chi connectivity index (χ0v) is 30.7. The molecule has 0 aliphatic rings. The van der Waals surface area contributed by atoms with Gasteiger partial charge >= 0.3 is 0 Å². The molecule has 0 amide bonds. The van der Waals surface area contributed by atoms with Gasteiger partial charge in [-0.1, -0.05) is 157 Å². The second kappa shape index (κ2) is 11.6. The Morgan fingerprint density at radius 2 is 1.09 bits per heavy atom. The quantitative estimate of drug-likeness (QED) is 0.170.